The Morgan fingerprint density at radius 3 is 2.32 bits per heavy atom. The van der Waals surface area contributed by atoms with Gasteiger partial charge in [-0.05, 0) is 54.7 Å². The van der Waals surface area contributed by atoms with Crippen LogP contribution < -0.4 is 5.32 Å². The molecule has 3 rings (SSSR count). The Hall–Kier alpha value is -2.68. The fraction of sp³-hybridized carbons (Fsp3) is 0.273. The van der Waals surface area contributed by atoms with E-state index in [-0.39, 0.29) is 11.3 Å². The van der Waals surface area contributed by atoms with Crippen molar-refractivity contribution in [2.45, 2.75) is 40.0 Å². The number of nitrogens with zero attached hydrogens (tertiary/aromatic N) is 1. The molecule has 1 heterocycles. The molecule has 1 aromatic heterocycles. The molecule has 0 saturated heterocycles. The topological polar surface area (TPSA) is 42.0 Å². The highest BCUT2D eigenvalue weighted by Gasteiger charge is 2.15. The van der Waals surface area contributed by atoms with Crippen LogP contribution >= 0.6 is 0 Å². The summed E-state index contributed by atoms with van der Waals surface area (Å²) in [7, 11) is 0. The average Bonchev–Trinajstić information content (AvgIpc) is 2.55. The van der Waals surface area contributed by atoms with Gasteiger partial charge in [-0.25, -0.2) is 0 Å². The number of anilines is 1. The van der Waals surface area contributed by atoms with E-state index in [9.17, 15) is 4.79 Å². The predicted molar refractivity (Wildman–Crippen MR) is 104 cm³/mol. The van der Waals surface area contributed by atoms with Crippen LogP contribution in [0.4, 0.5) is 5.69 Å². The summed E-state index contributed by atoms with van der Waals surface area (Å²) in [5.41, 5.74) is 5.93. The lowest BCUT2D eigenvalue weighted by Gasteiger charge is -2.19. The van der Waals surface area contributed by atoms with E-state index in [0.29, 0.717) is 5.56 Å². The fourth-order valence-corrected chi connectivity index (χ4v) is 3.04. The van der Waals surface area contributed by atoms with Gasteiger partial charge < -0.3 is 5.32 Å². The number of rotatable bonds is 2. The van der Waals surface area contributed by atoms with Gasteiger partial charge in [0.2, 0.25) is 0 Å². The number of benzene rings is 2. The number of hydrogen-bond donors (Lipinski definition) is 1. The smallest absolute Gasteiger partial charge is 0.255 e. The molecule has 3 heteroatoms. The van der Waals surface area contributed by atoms with Crippen molar-refractivity contribution in [3.63, 3.8) is 0 Å². The molecule has 2 aromatic carbocycles. The van der Waals surface area contributed by atoms with E-state index in [1.807, 2.05) is 37.3 Å². The standard InChI is InChI=1S/C22H24N2O/c1-14-12-15(2)20-18(13-14)19(10-11-23-20)24-21(25)16-6-8-17(9-7-16)22(3,4)5/h6-13H,1-5H3,(H,23,24,25). The van der Waals surface area contributed by atoms with Crippen molar-refractivity contribution >= 4 is 22.5 Å². The van der Waals surface area contributed by atoms with Crippen molar-refractivity contribution in [1.29, 1.82) is 0 Å². The van der Waals surface area contributed by atoms with Crippen molar-refractivity contribution in [3.05, 3.63) is 70.9 Å². The molecule has 25 heavy (non-hydrogen) atoms. The van der Waals surface area contributed by atoms with Gasteiger partial charge in [-0.15, -0.1) is 0 Å². The monoisotopic (exact) mass is 332 g/mol. The van der Waals surface area contributed by atoms with Gasteiger partial charge in [0, 0.05) is 17.1 Å². The third kappa shape index (κ3) is 3.55. The van der Waals surface area contributed by atoms with Crippen LogP contribution in [0.25, 0.3) is 10.9 Å². The number of nitrogens with one attached hydrogen (secondary N) is 1. The number of pyridine rings is 1. The zero-order valence-electron chi connectivity index (χ0n) is 15.5. The molecule has 3 nitrogen and oxygen atoms in total. The molecule has 0 spiro atoms. The summed E-state index contributed by atoms with van der Waals surface area (Å²) in [6.07, 6.45) is 1.74. The number of carbonyl (C=O) groups is 1. The fourth-order valence-electron chi connectivity index (χ4n) is 3.04. The maximum Gasteiger partial charge on any atom is 0.255 e. The first kappa shape index (κ1) is 17.2. The summed E-state index contributed by atoms with van der Waals surface area (Å²) in [4.78, 5) is 17.1. The highest BCUT2D eigenvalue weighted by atomic mass is 16.1. The second-order valence-electron chi connectivity index (χ2n) is 7.62. The van der Waals surface area contributed by atoms with Gasteiger partial charge in [0.05, 0.1) is 11.2 Å². The Kier molecular flexibility index (Phi) is 4.34. The molecule has 1 N–H and O–H groups in total. The number of aromatic nitrogens is 1. The molecular formula is C22H24N2O. The minimum absolute atomic E-state index is 0.0748. The van der Waals surface area contributed by atoms with E-state index < -0.39 is 0 Å². The molecule has 0 aliphatic heterocycles. The first-order valence-electron chi connectivity index (χ1n) is 8.53. The molecule has 0 unspecified atom stereocenters. The SMILES string of the molecule is Cc1cc(C)c2nccc(NC(=O)c3ccc(C(C)(C)C)cc3)c2c1. The van der Waals surface area contributed by atoms with Gasteiger partial charge in [0.15, 0.2) is 0 Å². The Labute approximate surface area is 149 Å². The van der Waals surface area contributed by atoms with Gasteiger partial charge in [-0.2, -0.15) is 0 Å². The van der Waals surface area contributed by atoms with E-state index in [0.717, 1.165) is 27.7 Å². The predicted octanol–water partition coefficient (Wildman–Crippen LogP) is 5.40. The summed E-state index contributed by atoms with van der Waals surface area (Å²) < 4.78 is 0. The summed E-state index contributed by atoms with van der Waals surface area (Å²) >= 11 is 0. The molecular weight excluding hydrogens is 308 g/mol. The molecule has 1 amide bonds. The molecule has 3 aromatic rings. The maximum atomic E-state index is 12.7. The zero-order valence-corrected chi connectivity index (χ0v) is 15.5. The molecule has 0 saturated carbocycles. The number of aryl methyl sites for hydroxylation is 2. The van der Waals surface area contributed by atoms with Crippen molar-refractivity contribution in [2.24, 2.45) is 0 Å². The maximum absolute atomic E-state index is 12.7. The third-order valence-electron chi connectivity index (χ3n) is 4.44. The average molecular weight is 332 g/mol. The first-order valence-corrected chi connectivity index (χ1v) is 8.53. The summed E-state index contributed by atoms with van der Waals surface area (Å²) in [6, 6.07) is 13.8. The normalized spacial score (nSPS) is 11.6. The van der Waals surface area contributed by atoms with Gasteiger partial charge in [0.1, 0.15) is 0 Å². The van der Waals surface area contributed by atoms with Crippen LogP contribution in [0.3, 0.4) is 0 Å². The first-order chi connectivity index (χ1) is 11.8. The Bertz CT molecular complexity index is 935. The summed E-state index contributed by atoms with van der Waals surface area (Å²) in [6.45, 7) is 10.6. The van der Waals surface area contributed by atoms with Gasteiger partial charge in [-0.1, -0.05) is 44.5 Å². The van der Waals surface area contributed by atoms with E-state index in [4.69, 9.17) is 0 Å². The lowest BCUT2D eigenvalue weighted by atomic mass is 9.87. The minimum Gasteiger partial charge on any atom is -0.321 e. The van der Waals surface area contributed by atoms with Crippen LogP contribution in [0, 0.1) is 13.8 Å². The van der Waals surface area contributed by atoms with Crippen molar-refractivity contribution in [2.75, 3.05) is 5.32 Å². The minimum atomic E-state index is -0.105. The molecule has 0 radical (unpaired) electrons. The van der Waals surface area contributed by atoms with E-state index in [1.54, 1.807) is 6.20 Å². The molecule has 0 bridgehead atoms. The van der Waals surface area contributed by atoms with E-state index in [2.05, 4.69) is 50.1 Å². The number of carbonyl (C=O) groups excluding carboxylic acids is 1. The second-order valence-corrected chi connectivity index (χ2v) is 7.62. The summed E-state index contributed by atoms with van der Waals surface area (Å²) in [5.74, 6) is -0.105. The summed E-state index contributed by atoms with van der Waals surface area (Å²) in [5, 5.41) is 4.01. The Balaban J connectivity index is 1.92. The lowest BCUT2D eigenvalue weighted by Crippen LogP contribution is -2.14. The van der Waals surface area contributed by atoms with Gasteiger partial charge in [0.25, 0.3) is 5.91 Å². The number of amides is 1. The van der Waals surface area contributed by atoms with Crippen LogP contribution in [-0.2, 0) is 5.41 Å². The molecule has 0 fully saturated rings. The Morgan fingerprint density at radius 2 is 1.68 bits per heavy atom. The van der Waals surface area contributed by atoms with Gasteiger partial charge in [-0.3, -0.25) is 9.78 Å². The van der Waals surface area contributed by atoms with Crippen LogP contribution in [0.15, 0.2) is 48.7 Å². The van der Waals surface area contributed by atoms with E-state index >= 15 is 0 Å². The molecule has 0 aliphatic carbocycles. The number of hydrogen-bond acceptors (Lipinski definition) is 2. The second kappa shape index (κ2) is 6.32. The molecule has 0 aliphatic rings. The Morgan fingerprint density at radius 1 is 1.00 bits per heavy atom. The van der Waals surface area contributed by atoms with Gasteiger partial charge >= 0.3 is 0 Å². The number of fused-ring (bicyclic) bond motifs is 1. The highest BCUT2D eigenvalue weighted by Crippen LogP contribution is 2.26. The van der Waals surface area contributed by atoms with Crippen LogP contribution in [0.1, 0.15) is 47.8 Å². The third-order valence-corrected chi connectivity index (χ3v) is 4.44. The molecule has 128 valence electrons. The van der Waals surface area contributed by atoms with Crippen molar-refractivity contribution in [1.82, 2.24) is 4.98 Å². The van der Waals surface area contributed by atoms with E-state index in [1.165, 1.54) is 5.56 Å². The van der Waals surface area contributed by atoms with Crippen LogP contribution in [0.5, 0.6) is 0 Å². The molecule has 0 atom stereocenters. The van der Waals surface area contributed by atoms with Crippen molar-refractivity contribution < 1.29 is 4.79 Å². The zero-order chi connectivity index (χ0) is 18.2. The lowest BCUT2D eigenvalue weighted by molar-refractivity contribution is 0.102. The quantitative estimate of drug-likeness (QED) is 0.682. The van der Waals surface area contributed by atoms with Crippen LogP contribution in [0.2, 0.25) is 0 Å². The van der Waals surface area contributed by atoms with Crippen LogP contribution in [-0.4, -0.2) is 10.9 Å². The largest absolute Gasteiger partial charge is 0.321 e. The van der Waals surface area contributed by atoms with Crippen molar-refractivity contribution in [3.8, 4) is 0 Å². The highest BCUT2D eigenvalue weighted by molar-refractivity contribution is 6.09.